The van der Waals surface area contributed by atoms with Gasteiger partial charge >= 0.3 is 0 Å². The molecule has 0 fully saturated rings. The van der Waals surface area contributed by atoms with Gasteiger partial charge < -0.3 is 4.52 Å². The highest BCUT2D eigenvalue weighted by Crippen LogP contribution is 2.27. The highest BCUT2D eigenvalue weighted by Gasteiger charge is 2.15. The van der Waals surface area contributed by atoms with Gasteiger partial charge in [-0.25, -0.2) is 8.42 Å². The highest BCUT2D eigenvalue weighted by molar-refractivity contribution is 9.10. The van der Waals surface area contributed by atoms with Crippen LogP contribution in [0.25, 0.3) is 11.5 Å². The van der Waals surface area contributed by atoms with Crippen LogP contribution in [0.15, 0.2) is 28.8 Å². The van der Waals surface area contributed by atoms with Gasteiger partial charge in [-0.1, -0.05) is 33.2 Å². The van der Waals surface area contributed by atoms with Crippen LogP contribution in [0.1, 0.15) is 5.82 Å². The molecule has 1 aromatic carbocycles. The molecule has 0 amide bonds. The molecule has 1 heterocycles. The molecule has 0 bridgehead atoms. The number of sulfonamides is 1. The van der Waals surface area contributed by atoms with Gasteiger partial charge in [0.2, 0.25) is 10.0 Å². The van der Waals surface area contributed by atoms with Gasteiger partial charge in [0, 0.05) is 0 Å². The fourth-order valence-corrected chi connectivity index (χ4v) is 2.27. The molecule has 0 aliphatic rings. The van der Waals surface area contributed by atoms with Crippen molar-refractivity contribution in [3.05, 3.63) is 30.1 Å². The van der Waals surface area contributed by atoms with Crippen molar-refractivity contribution in [1.82, 2.24) is 10.1 Å². The van der Waals surface area contributed by atoms with Crippen LogP contribution in [0.3, 0.4) is 0 Å². The first-order chi connectivity index (χ1) is 8.52. The monoisotopic (exact) mass is 331 g/mol. The van der Waals surface area contributed by atoms with Crippen LogP contribution >= 0.6 is 15.9 Å². The van der Waals surface area contributed by atoms with E-state index in [9.17, 15) is 8.42 Å². The van der Waals surface area contributed by atoms with Crippen molar-refractivity contribution in [2.24, 2.45) is 0 Å². The minimum atomic E-state index is -3.42. The normalized spacial score (nSPS) is 11.4. The SMILES string of the molecule is Cc1noc(-c2ccccc2NS(=O)(=O)CBr)n1. The lowest BCUT2D eigenvalue weighted by Crippen LogP contribution is -2.13. The summed E-state index contributed by atoms with van der Waals surface area (Å²) in [6.45, 7) is 1.69. The lowest BCUT2D eigenvalue weighted by molar-refractivity contribution is 0.426. The number of hydrogen-bond donors (Lipinski definition) is 1. The number of aromatic nitrogens is 2. The van der Waals surface area contributed by atoms with Crippen LogP contribution in [0.4, 0.5) is 5.69 Å². The molecule has 18 heavy (non-hydrogen) atoms. The predicted octanol–water partition coefficient (Wildman–Crippen LogP) is 2.14. The van der Waals surface area contributed by atoms with Gasteiger partial charge in [-0.15, -0.1) is 0 Å². The molecule has 0 aliphatic carbocycles. The van der Waals surface area contributed by atoms with Crippen molar-refractivity contribution in [3.63, 3.8) is 0 Å². The third kappa shape index (κ3) is 2.88. The third-order valence-corrected chi connectivity index (χ3v) is 4.72. The van der Waals surface area contributed by atoms with E-state index in [1.54, 1.807) is 31.2 Å². The Bertz CT molecular complexity index is 654. The Balaban J connectivity index is 2.44. The van der Waals surface area contributed by atoms with Crippen LogP contribution in [0.2, 0.25) is 0 Å². The number of para-hydroxylation sites is 1. The van der Waals surface area contributed by atoms with Crippen molar-refractivity contribution in [1.29, 1.82) is 0 Å². The average Bonchev–Trinajstić information content (AvgIpc) is 2.76. The van der Waals surface area contributed by atoms with Gasteiger partial charge in [0.25, 0.3) is 5.89 Å². The topological polar surface area (TPSA) is 85.1 Å². The molecule has 2 aromatic rings. The quantitative estimate of drug-likeness (QED) is 0.867. The summed E-state index contributed by atoms with van der Waals surface area (Å²) in [5.74, 6) is 0.767. The molecule has 0 radical (unpaired) electrons. The van der Waals surface area contributed by atoms with Crippen molar-refractivity contribution in [2.75, 3.05) is 9.38 Å². The lowest BCUT2D eigenvalue weighted by Gasteiger charge is -2.08. The molecule has 0 aliphatic heterocycles. The Labute approximate surface area is 113 Å². The summed E-state index contributed by atoms with van der Waals surface area (Å²) < 4.78 is 30.4. The van der Waals surface area contributed by atoms with Crippen molar-refractivity contribution in [2.45, 2.75) is 6.92 Å². The maximum Gasteiger partial charge on any atom is 0.260 e. The first kappa shape index (κ1) is 13.0. The Morgan fingerprint density at radius 1 is 1.39 bits per heavy atom. The number of benzene rings is 1. The van der Waals surface area contributed by atoms with Crippen LogP contribution in [-0.4, -0.2) is 23.2 Å². The van der Waals surface area contributed by atoms with E-state index in [-0.39, 0.29) is 10.6 Å². The third-order valence-electron chi connectivity index (χ3n) is 2.09. The predicted molar refractivity (Wildman–Crippen MR) is 70.8 cm³/mol. The summed E-state index contributed by atoms with van der Waals surface area (Å²) in [6, 6.07) is 6.83. The van der Waals surface area contributed by atoms with Gasteiger partial charge in [0.15, 0.2) is 5.82 Å². The molecule has 96 valence electrons. The molecular weight excluding hydrogens is 322 g/mol. The summed E-state index contributed by atoms with van der Waals surface area (Å²) in [7, 11) is -3.42. The molecule has 0 unspecified atom stereocenters. The molecule has 0 spiro atoms. The van der Waals surface area contributed by atoms with Crippen LogP contribution in [0, 0.1) is 6.92 Å². The molecule has 8 heteroatoms. The first-order valence-electron chi connectivity index (χ1n) is 4.98. The smallest absolute Gasteiger partial charge is 0.260 e. The molecule has 1 aromatic heterocycles. The summed E-state index contributed by atoms with van der Waals surface area (Å²) in [5.41, 5.74) is 0.947. The van der Waals surface area contributed by atoms with Gasteiger partial charge in [0.1, 0.15) is 4.66 Å². The van der Waals surface area contributed by atoms with E-state index in [4.69, 9.17) is 4.52 Å². The van der Waals surface area contributed by atoms with Crippen LogP contribution in [0.5, 0.6) is 0 Å². The van der Waals surface area contributed by atoms with Gasteiger partial charge in [-0.3, -0.25) is 4.72 Å². The van der Waals surface area contributed by atoms with E-state index in [1.807, 2.05) is 0 Å². The summed E-state index contributed by atoms with van der Waals surface area (Å²) in [6.07, 6.45) is 0. The van der Waals surface area contributed by atoms with Crippen LogP contribution < -0.4 is 4.72 Å². The minimum Gasteiger partial charge on any atom is -0.334 e. The largest absolute Gasteiger partial charge is 0.334 e. The molecule has 0 saturated heterocycles. The van der Waals surface area contributed by atoms with E-state index in [0.29, 0.717) is 17.1 Å². The number of alkyl halides is 1. The molecule has 0 saturated carbocycles. The number of nitrogens with one attached hydrogen (secondary N) is 1. The lowest BCUT2D eigenvalue weighted by atomic mass is 10.2. The van der Waals surface area contributed by atoms with Crippen molar-refractivity contribution in [3.8, 4) is 11.5 Å². The second-order valence-electron chi connectivity index (χ2n) is 3.52. The summed E-state index contributed by atoms with van der Waals surface area (Å²) in [5, 5.41) is 3.68. The Hall–Kier alpha value is -1.41. The molecule has 1 N–H and O–H groups in total. The van der Waals surface area contributed by atoms with Crippen molar-refractivity contribution < 1.29 is 12.9 Å². The first-order valence-corrected chi connectivity index (χ1v) is 7.75. The fourth-order valence-electron chi connectivity index (χ4n) is 1.36. The number of halogens is 1. The van der Waals surface area contributed by atoms with E-state index in [0.717, 1.165) is 0 Å². The zero-order chi connectivity index (χ0) is 13.2. The summed E-state index contributed by atoms with van der Waals surface area (Å²) in [4.78, 5) is 4.07. The number of rotatable bonds is 4. The number of anilines is 1. The maximum atomic E-state index is 11.5. The number of hydrogen-bond acceptors (Lipinski definition) is 5. The van der Waals surface area contributed by atoms with Gasteiger partial charge in [-0.2, -0.15) is 4.98 Å². The zero-order valence-corrected chi connectivity index (χ0v) is 11.8. The van der Waals surface area contributed by atoms with Crippen molar-refractivity contribution >= 4 is 31.6 Å². The van der Waals surface area contributed by atoms with E-state index in [1.165, 1.54) is 0 Å². The molecular formula is C10H10BrN3O3S. The second-order valence-corrected chi connectivity index (χ2v) is 6.54. The number of nitrogens with zero attached hydrogens (tertiary/aromatic N) is 2. The van der Waals surface area contributed by atoms with Crippen LogP contribution in [-0.2, 0) is 10.0 Å². The standard InChI is InChI=1S/C10H10BrN3O3S/c1-7-12-10(17-13-7)8-4-2-3-5-9(8)14-18(15,16)6-11/h2-5,14H,6H2,1H3. The Morgan fingerprint density at radius 3 is 2.72 bits per heavy atom. The Morgan fingerprint density at radius 2 is 2.11 bits per heavy atom. The van der Waals surface area contributed by atoms with Gasteiger partial charge in [0.05, 0.1) is 11.3 Å². The second kappa shape index (κ2) is 5.07. The average molecular weight is 332 g/mol. The van der Waals surface area contributed by atoms with Gasteiger partial charge in [-0.05, 0) is 19.1 Å². The molecule has 0 atom stereocenters. The van der Waals surface area contributed by atoms with E-state index in [2.05, 4.69) is 30.8 Å². The molecule has 6 nitrogen and oxygen atoms in total. The zero-order valence-electron chi connectivity index (χ0n) is 9.42. The number of aryl methyl sites for hydroxylation is 1. The summed E-state index contributed by atoms with van der Waals surface area (Å²) >= 11 is 2.91. The fraction of sp³-hybridized carbons (Fsp3) is 0.200. The van der Waals surface area contributed by atoms with E-state index < -0.39 is 10.0 Å². The highest BCUT2D eigenvalue weighted by atomic mass is 79.9. The van der Waals surface area contributed by atoms with E-state index >= 15 is 0 Å². The minimum absolute atomic E-state index is 0.183. The molecule has 2 rings (SSSR count). The Kier molecular flexibility index (Phi) is 3.67. The maximum absolute atomic E-state index is 11.5.